The number of nitrogens with one attached hydrogen (secondary N) is 1. The van der Waals surface area contributed by atoms with E-state index in [1.165, 1.54) is 11.1 Å². The molecular formula is C24H28ClNOS. The van der Waals surface area contributed by atoms with Crippen molar-refractivity contribution in [3.63, 3.8) is 0 Å². The zero-order valence-electron chi connectivity index (χ0n) is 16.0. The van der Waals surface area contributed by atoms with Gasteiger partial charge in [-0.2, -0.15) is 0 Å². The highest BCUT2D eigenvalue weighted by Crippen LogP contribution is 2.28. The van der Waals surface area contributed by atoms with Crippen molar-refractivity contribution in [1.82, 2.24) is 5.32 Å². The molecule has 0 spiro atoms. The summed E-state index contributed by atoms with van der Waals surface area (Å²) in [5.41, 5.74) is 2.75. The minimum atomic E-state index is 0. The van der Waals surface area contributed by atoms with Gasteiger partial charge < -0.3 is 10.4 Å². The summed E-state index contributed by atoms with van der Waals surface area (Å²) in [6.07, 6.45) is 2.17. The summed E-state index contributed by atoms with van der Waals surface area (Å²) >= 11 is 1.72. The third-order valence-electron chi connectivity index (χ3n) is 4.63. The molecule has 0 fully saturated rings. The number of phenolic OH excluding ortho intramolecular Hbond substituents is 1. The topological polar surface area (TPSA) is 32.3 Å². The predicted molar refractivity (Wildman–Crippen MR) is 123 cm³/mol. The second kappa shape index (κ2) is 12.5. The monoisotopic (exact) mass is 413 g/mol. The van der Waals surface area contributed by atoms with E-state index in [1.807, 2.05) is 18.2 Å². The molecule has 3 aromatic carbocycles. The highest BCUT2D eigenvalue weighted by Gasteiger charge is 2.13. The van der Waals surface area contributed by atoms with E-state index in [9.17, 15) is 5.11 Å². The molecule has 148 valence electrons. The van der Waals surface area contributed by atoms with E-state index in [-0.39, 0.29) is 12.4 Å². The van der Waals surface area contributed by atoms with Gasteiger partial charge in [0, 0.05) is 10.8 Å². The number of para-hydroxylation sites is 1. The van der Waals surface area contributed by atoms with E-state index < -0.39 is 0 Å². The number of hydrogen-bond acceptors (Lipinski definition) is 3. The Kier molecular flexibility index (Phi) is 9.98. The minimum Gasteiger partial charge on any atom is -0.507 e. The lowest BCUT2D eigenvalue weighted by Crippen LogP contribution is -2.19. The molecule has 0 amide bonds. The lowest BCUT2D eigenvalue weighted by Gasteiger charge is -2.18. The van der Waals surface area contributed by atoms with E-state index in [0.717, 1.165) is 36.6 Å². The first-order valence-electron chi connectivity index (χ1n) is 9.56. The van der Waals surface area contributed by atoms with Crippen LogP contribution in [0.15, 0.2) is 89.8 Å². The van der Waals surface area contributed by atoms with Crippen molar-refractivity contribution in [2.45, 2.75) is 23.7 Å². The van der Waals surface area contributed by atoms with Crippen LogP contribution in [-0.4, -0.2) is 23.9 Å². The highest BCUT2D eigenvalue weighted by atomic mass is 35.5. The standard InChI is InChI=1S/C24H27NOS.ClH/c26-23-14-7-8-15-24(23)27-19-9-17-25-18-16-22(20-10-3-1-4-11-20)21-12-5-2-6-13-21;/h1-8,10-15,22,25-26H,9,16-19H2;1H. The van der Waals surface area contributed by atoms with Crippen LogP contribution < -0.4 is 5.32 Å². The van der Waals surface area contributed by atoms with E-state index >= 15 is 0 Å². The Bertz CT molecular complexity index is 758. The predicted octanol–water partition coefficient (Wildman–Crippen LogP) is 6.11. The van der Waals surface area contributed by atoms with Gasteiger partial charge in [0.05, 0.1) is 0 Å². The Hall–Kier alpha value is -1.94. The molecule has 3 aromatic rings. The van der Waals surface area contributed by atoms with Gasteiger partial charge >= 0.3 is 0 Å². The molecule has 0 aromatic heterocycles. The zero-order chi connectivity index (χ0) is 18.7. The van der Waals surface area contributed by atoms with E-state index in [4.69, 9.17) is 0 Å². The molecule has 4 heteroatoms. The average molecular weight is 414 g/mol. The molecule has 0 saturated heterocycles. The number of thioether (sulfide) groups is 1. The van der Waals surface area contributed by atoms with Crippen LogP contribution in [0.2, 0.25) is 0 Å². The second-order valence-electron chi connectivity index (χ2n) is 6.58. The largest absolute Gasteiger partial charge is 0.507 e. The molecule has 3 rings (SSSR count). The van der Waals surface area contributed by atoms with Crippen LogP contribution in [0.25, 0.3) is 0 Å². The van der Waals surface area contributed by atoms with Crippen LogP contribution >= 0.6 is 24.2 Å². The van der Waals surface area contributed by atoms with Gasteiger partial charge in [0.1, 0.15) is 5.75 Å². The van der Waals surface area contributed by atoms with E-state index in [1.54, 1.807) is 17.8 Å². The summed E-state index contributed by atoms with van der Waals surface area (Å²) in [6, 6.07) is 29.1. The normalized spacial score (nSPS) is 10.6. The third-order valence-corrected chi connectivity index (χ3v) is 5.78. The molecule has 0 heterocycles. The number of hydrogen-bond donors (Lipinski definition) is 2. The third kappa shape index (κ3) is 6.90. The molecule has 0 aliphatic rings. The molecule has 0 aliphatic heterocycles. The molecular weight excluding hydrogens is 386 g/mol. The van der Waals surface area contributed by atoms with Crippen molar-refractivity contribution in [3.8, 4) is 5.75 Å². The number of halogens is 1. The van der Waals surface area contributed by atoms with Crippen LogP contribution in [0.3, 0.4) is 0 Å². The quantitative estimate of drug-likeness (QED) is 0.310. The molecule has 0 aliphatic carbocycles. The number of aromatic hydroxyl groups is 1. The maximum absolute atomic E-state index is 9.79. The van der Waals surface area contributed by atoms with Crippen molar-refractivity contribution < 1.29 is 5.11 Å². The second-order valence-corrected chi connectivity index (χ2v) is 7.72. The van der Waals surface area contributed by atoms with Crippen molar-refractivity contribution in [2.75, 3.05) is 18.8 Å². The molecule has 0 saturated carbocycles. The SMILES string of the molecule is Cl.Oc1ccccc1SCCCNCCC(c1ccccc1)c1ccccc1. The summed E-state index contributed by atoms with van der Waals surface area (Å²) in [6.45, 7) is 1.99. The Balaban J connectivity index is 0.00000280. The molecule has 0 atom stereocenters. The first kappa shape index (κ1) is 22.4. The first-order valence-corrected chi connectivity index (χ1v) is 10.5. The number of benzene rings is 3. The van der Waals surface area contributed by atoms with Crippen LogP contribution in [0.4, 0.5) is 0 Å². The molecule has 2 N–H and O–H groups in total. The minimum absolute atomic E-state index is 0. The molecule has 28 heavy (non-hydrogen) atoms. The van der Waals surface area contributed by atoms with Crippen molar-refractivity contribution >= 4 is 24.2 Å². The van der Waals surface area contributed by atoms with Crippen LogP contribution in [0.5, 0.6) is 5.75 Å². The van der Waals surface area contributed by atoms with Crippen LogP contribution in [0.1, 0.15) is 29.9 Å². The fourth-order valence-corrected chi connectivity index (χ4v) is 4.13. The summed E-state index contributed by atoms with van der Waals surface area (Å²) in [5, 5.41) is 13.4. The van der Waals surface area contributed by atoms with Crippen LogP contribution in [-0.2, 0) is 0 Å². The number of phenols is 1. The van der Waals surface area contributed by atoms with Crippen LogP contribution in [0, 0.1) is 0 Å². The molecule has 0 radical (unpaired) electrons. The maximum Gasteiger partial charge on any atom is 0.129 e. The van der Waals surface area contributed by atoms with Gasteiger partial charge in [-0.05, 0) is 54.9 Å². The van der Waals surface area contributed by atoms with Gasteiger partial charge in [-0.15, -0.1) is 24.2 Å². The maximum atomic E-state index is 9.79. The molecule has 0 unspecified atom stereocenters. The molecule has 2 nitrogen and oxygen atoms in total. The lowest BCUT2D eigenvalue weighted by atomic mass is 9.88. The smallest absolute Gasteiger partial charge is 0.129 e. The van der Waals surface area contributed by atoms with Crippen molar-refractivity contribution in [1.29, 1.82) is 0 Å². The van der Waals surface area contributed by atoms with Gasteiger partial charge in [0.2, 0.25) is 0 Å². The number of rotatable bonds is 10. The summed E-state index contributed by atoms with van der Waals surface area (Å²) in [7, 11) is 0. The summed E-state index contributed by atoms with van der Waals surface area (Å²) < 4.78 is 0. The van der Waals surface area contributed by atoms with Gasteiger partial charge in [-0.1, -0.05) is 72.8 Å². The Morgan fingerprint density at radius 1 is 0.750 bits per heavy atom. The fraction of sp³-hybridized carbons (Fsp3) is 0.250. The fourth-order valence-electron chi connectivity index (χ4n) is 3.23. The summed E-state index contributed by atoms with van der Waals surface area (Å²) in [4.78, 5) is 0.964. The highest BCUT2D eigenvalue weighted by molar-refractivity contribution is 7.99. The van der Waals surface area contributed by atoms with Gasteiger partial charge in [-0.3, -0.25) is 0 Å². The Morgan fingerprint density at radius 2 is 1.32 bits per heavy atom. The van der Waals surface area contributed by atoms with Gasteiger partial charge in [0.25, 0.3) is 0 Å². The van der Waals surface area contributed by atoms with Crippen molar-refractivity contribution in [3.05, 3.63) is 96.1 Å². The molecule has 0 bridgehead atoms. The lowest BCUT2D eigenvalue weighted by molar-refractivity contribution is 0.462. The van der Waals surface area contributed by atoms with E-state index in [0.29, 0.717) is 11.7 Å². The van der Waals surface area contributed by atoms with Crippen molar-refractivity contribution in [2.24, 2.45) is 0 Å². The average Bonchev–Trinajstić information content (AvgIpc) is 2.72. The summed E-state index contributed by atoms with van der Waals surface area (Å²) in [5.74, 6) is 1.81. The Morgan fingerprint density at radius 3 is 1.93 bits per heavy atom. The van der Waals surface area contributed by atoms with Gasteiger partial charge in [-0.25, -0.2) is 0 Å². The Labute approximate surface area is 178 Å². The van der Waals surface area contributed by atoms with Gasteiger partial charge in [0.15, 0.2) is 0 Å². The van der Waals surface area contributed by atoms with E-state index in [2.05, 4.69) is 66.0 Å². The zero-order valence-corrected chi connectivity index (χ0v) is 17.6. The first-order chi connectivity index (χ1) is 13.3.